The topological polar surface area (TPSA) is 48.3 Å². The number of Topliss-reactive ketones (excluding diaryl/α,β-unsaturated/α-hetero) is 1. The average Bonchev–Trinajstić information content (AvgIpc) is 2.82. The number of nitrogens with zero attached hydrogens (tertiary/aromatic N) is 1. The van der Waals surface area contributed by atoms with Crippen LogP contribution in [0.15, 0.2) is 18.3 Å². The molecule has 0 unspecified atom stereocenters. The van der Waals surface area contributed by atoms with Crippen LogP contribution in [0.1, 0.15) is 47.4 Å². The Kier molecular flexibility index (Phi) is 5.40. The van der Waals surface area contributed by atoms with E-state index in [9.17, 15) is 9.59 Å². The van der Waals surface area contributed by atoms with Gasteiger partial charge < -0.3 is 4.74 Å². The Balaban J connectivity index is 2.59. The molecule has 0 amide bonds. The summed E-state index contributed by atoms with van der Waals surface area (Å²) in [4.78, 5) is 23.9. The molecule has 118 valence electrons. The van der Waals surface area contributed by atoms with Gasteiger partial charge in [-0.3, -0.25) is 14.2 Å². The van der Waals surface area contributed by atoms with E-state index in [1.54, 1.807) is 16.8 Å². The normalized spacial score (nSPS) is 10.9. The van der Waals surface area contributed by atoms with Crippen molar-refractivity contribution in [3.63, 3.8) is 0 Å². The number of aryl methyl sites for hydroxylation is 1. The number of hydrogen-bond donors (Lipinski definition) is 0. The van der Waals surface area contributed by atoms with E-state index in [0.717, 1.165) is 29.3 Å². The second-order valence-corrected chi connectivity index (χ2v) is 5.89. The van der Waals surface area contributed by atoms with Crippen LogP contribution in [-0.2, 0) is 0 Å². The highest BCUT2D eigenvalue weighted by atomic mass is 79.9. The van der Waals surface area contributed by atoms with Crippen molar-refractivity contribution in [2.45, 2.75) is 33.6 Å². The lowest BCUT2D eigenvalue weighted by Gasteiger charge is -2.11. The number of rotatable bonds is 6. The van der Waals surface area contributed by atoms with Crippen LogP contribution >= 0.6 is 15.9 Å². The number of ketones is 1. The van der Waals surface area contributed by atoms with Gasteiger partial charge in [-0.25, -0.2) is 0 Å². The number of benzene rings is 1. The van der Waals surface area contributed by atoms with Crippen molar-refractivity contribution in [3.05, 3.63) is 29.5 Å². The fraction of sp³-hybridized carbons (Fsp3) is 0.412. The smallest absolute Gasteiger partial charge is 0.227 e. The van der Waals surface area contributed by atoms with E-state index >= 15 is 0 Å². The number of alkyl halides is 1. The number of hydrogen-bond acceptors (Lipinski definition) is 3. The standard InChI is InChI=1S/C17H20BrNO3/c1-4-5-6-22-17-8-15-13(7-14(17)16(21)9-18)11(2)10-19(15)12(3)20/h7-8,10H,4-6,9H2,1-3H3. The van der Waals surface area contributed by atoms with Crippen LogP contribution in [0, 0.1) is 6.92 Å². The maximum atomic E-state index is 12.2. The van der Waals surface area contributed by atoms with Crippen molar-refractivity contribution in [3.8, 4) is 5.75 Å². The maximum absolute atomic E-state index is 12.2. The van der Waals surface area contributed by atoms with Crippen LogP contribution < -0.4 is 4.74 Å². The van der Waals surface area contributed by atoms with Crippen LogP contribution in [0.4, 0.5) is 0 Å². The number of fused-ring (bicyclic) bond motifs is 1. The minimum Gasteiger partial charge on any atom is -0.493 e. The summed E-state index contributed by atoms with van der Waals surface area (Å²) < 4.78 is 7.38. The van der Waals surface area contributed by atoms with Crippen molar-refractivity contribution in [1.82, 2.24) is 4.57 Å². The highest BCUT2D eigenvalue weighted by Gasteiger charge is 2.17. The van der Waals surface area contributed by atoms with E-state index in [4.69, 9.17) is 4.74 Å². The molecule has 1 aromatic carbocycles. The molecule has 1 heterocycles. The summed E-state index contributed by atoms with van der Waals surface area (Å²) in [5.74, 6) is 0.464. The molecule has 0 saturated carbocycles. The third-order valence-electron chi connectivity index (χ3n) is 3.62. The summed E-state index contributed by atoms with van der Waals surface area (Å²) in [7, 11) is 0. The van der Waals surface area contributed by atoms with Gasteiger partial charge in [0.1, 0.15) is 5.75 Å². The van der Waals surface area contributed by atoms with Gasteiger partial charge in [0.15, 0.2) is 5.78 Å². The SMILES string of the molecule is CCCCOc1cc2c(cc1C(=O)CBr)c(C)cn2C(C)=O. The molecule has 0 aliphatic heterocycles. The molecule has 0 aliphatic rings. The van der Waals surface area contributed by atoms with E-state index in [1.165, 1.54) is 6.92 Å². The number of carbonyl (C=O) groups is 2. The van der Waals surface area contributed by atoms with Crippen molar-refractivity contribution in [2.24, 2.45) is 0 Å². The fourth-order valence-electron chi connectivity index (χ4n) is 2.41. The van der Waals surface area contributed by atoms with Gasteiger partial charge in [0.25, 0.3) is 0 Å². The molecular formula is C17H20BrNO3. The first-order valence-electron chi connectivity index (χ1n) is 7.38. The third-order valence-corrected chi connectivity index (χ3v) is 4.13. The van der Waals surface area contributed by atoms with Gasteiger partial charge in [-0.1, -0.05) is 29.3 Å². The Hall–Kier alpha value is -1.62. The van der Waals surface area contributed by atoms with Crippen LogP contribution in [0.3, 0.4) is 0 Å². The lowest BCUT2D eigenvalue weighted by molar-refractivity contribution is 0.0941. The monoisotopic (exact) mass is 365 g/mol. The predicted molar refractivity (Wildman–Crippen MR) is 91.5 cm³/mol. The molecule has 0 fully saturated rings. The van der Waals surface area contributed by atoms with Gasteiger partial charge in [-0.15, -0.1) is 0 Å². The summed E-state index contributed by atoms with van der Waals surface area (Å²) >= 11 is 3.21. The zero-order valence-corrected chi connectivity index (χ0v) is 14.7. The first-order chi connectivity index (χ1) is 10.5. The van der Waals surface area contributed by atoms with Crippen molar-refractivity contribution in [1.29, 1.82) is 0 Å². The molecule has 0 radical (unpaired) electrons. The van der Waals surface area contributed by atoms with Gasteiger partial charge in [0, 0.05) is 24.6 Å². The molecule has 0 N–H and O–H groups in total. The molecular weight excluding hydrogens is 346 g/mol. The molecule has 0 bridgehead atoms. The molecule has 0 atom stereocenters. The Morgan fingerprint density at radius 2 is 2.05 bits per heavy atom. The Morgan fingerprint density at radius 3 is 2.64 bits per heavy atom. The molecule has 1 aromatic heterocycles. The van der Waals surface area contributed by atoms with Crippen molar-refractivity contribution in [2.75, 3.05) is 11.9 Å². The Bertz CT molecular complexity index is 718. The Morgan fingerprint density at radius 1 is 1.32 bits per heavy atom. The number of halogens is 1. The zero-order valence-electron chi connectivity index (χ0n) is 13.1. The first kappa shape index (κ1) is 16.7. The maximum Gasteiger partial charge on any atom is 0.227 e. The summed E-state index contributed by atoms with van der Waals surface area (Å²) in [5, 5.41) is 1.15. The van der Waals surface area contributed by atoms with Crippen LogP contribution in [0.2, 0.25) is 0 Å². The summed E-state index contributed by atoms with van der Waals surface area (Å²) in [5.41, 5.74) is 2.31. The van der Waals surface area contributed by atoms with E-state index in [1.807, 2.05) is 13.0 Å². The lowest BCUT2D eigenvalue weighted by Crippen LogP contribution is -2.08. The second kappa shape index (κ2) is 7.09. The van der Waals surface area contributed by atoms with E-state index in [0.29, 0.717) is 17.9 Å². The molecule has 5 heteroatoms. The first-order valence-corrected chi connectivity index (χ1v) is 8.50. The molecule has 4 nitrogen and oxygen atoms in total. The van der Waals surface area contributed by atoms with E-state index in [-0.39, 0.29) is 17.0 Å². The highest BCUT2D eigenvalue weighted by molar-refractivity contribution is 9.09. The molecule has 22 heavy (non-hydrogen) atoms. The molecule has 0 spiro atoms. The van der Waals surface area contributed by atoms with Gasteiger partial charge in [0.2, 0.25) is 5.91 Å². The van der Waals surface area contributed by atoms with Gasteiger partial charge in [0.05, 0.1) is 23.0 Å². The number of unbranched alkanes of at least 4 members (excludes halogenated alkanes) is 1. The van der Waals surface area contributed by atoms with Crippen LogP contribution in [0.5, 0.6) is 5.75 Å². The second-order valence-electron chi connectivity index (χ2n) is 5.33. The highest BCUT2D eigenvalue weighted by Crippen LogP contribution is 2.30. The largest absolute Gasteiger partial charge is 0.493 e. The van der Waals surface area contributed by atoms with E-state index in [2.05, 4.69) is 22.9 Å². The predicted octanol–water partition coefficient (Wildman–Crippen LogP) is 4.37. The van der Waals surface area contributed by atoms with Gasteiger partial charge in [-0.05, 0) is 25.0 Å². The molecule has 2 aromatic rings. The Labute approximate surface area is 138 Å². The van der Waals surface area contributed by atoms with Crippen molar-refractivity contribution < 1.29 is 14.3 Å². The third kappa shape index (κ3) is 3.24. The molecule has 0 aliphatic carbocycles. The van der Waals surface area contributed by atoms with E-state index < -0.39 is 0 Å². The van der Waals surface area contributed by atoms with Crippen LogP contribution in [-0.4, -0.2) is 28.2 Å². The summed E-state index contributed by atoms with van der Waals surface area (Å²) in [6.45, 7) is 6.10. The minimum atomic E-state index is -0.0582. The van der Waals surface area contributed by atoms with Gasteiger partial charge >= 0.3 is 0 Å². The van der Waals surface area contributed by atoms with Crippen LogP contribution in [0.25, 0.3) is 10.9 Å². The molecule has 0 saturated heterocycles. The number of ether oxygens (including phenoxy) is 1. The molecule has 2 rings (SSSR count). The number of aromatic nitrogens is 1. The van der Waals surface area contributed by atoms with Gasteiger partial charge in [-0.2, -0.15) is 0 Å². The number of carbonyl (C=O) groups excluding carboxylic acids is 2. The quantitative estimate of drug-likeness (QED) is 0.433. The van der Waals surface area contributed by atoms with Crippen molar-refractivity contribution >= 4 is 38.5 Å². The minimum absolute atomic E-state index is 0.0247. The zero-order chi connectivity index (χ0) is 16.3. The fourth-order valence-corrected chi connectivity index (χ4v) is 2.72. The summed E-state index contributed by atoms with van der Waals surface area (Å²) in [6, 6.07) is 3.63. The summed E-state index contributed by atoms with van der Waals surface area (Å²) in [6.07, 6.45) is 3.74. The average molecular weight is 366 g/mol. The lowest BCUT2D eigenvalue weighted by atomic mass is 10.1.